The molecule has 0 saturated heterocycles. The summed E-state index contributed by atoms with van der Waals surface area (Å²) in [6.07, 6.45) is 1.06. The molecule has 0 saturated carbocycles. The average Bonchev–Trinajstić information content (AvgIpc) is 2.09. The molecule has 0 unspecified atom stereocenters. The fourth-order valence-electron chi connectivity index (χ4n) is 1.36. The number of aryl methyl sites for hydroxylation is 2. The van der Waals surface area contributed by atoms with E-state index in [1.54, 1.807) is 0 Å². The van der Waals surface area contributed by atoms with Crippen LogP contribution in [0.4, 0.5) is 0 Å². The van der Waals surface area contributed by atoms with Gasteiger partial charge in [0.25, 0.3) is 0 Å². The van der Waals surface area contributed by atoms with Gasteiger partial charge in [-0.3, -0.25) is 0 Å². The molecule has 1 rings (SSSR count). The first kappa shape index (κ1) is 10.1. The Bertz CT molecular complexity index is 289. The highest BCUT2D eigenvalue weighted by Crippen LogP contribution is 2.23. The Morgan fingerprint density at radius 1 is 1.15 bits per heavy atom. The quantitative estimate of drug-likeness (QED) is 0.689. The van der Waals surface area contributed by atoms with Crippen molar-refractivity contribution < 1.29 is 4.74 Å². The zero-order chi connectivity index (χ0) is 9.84. The molecular weight excluding hydrogens is 160 g/mol. The van der Waals surface area contributed by atoms with Crippen molar-refractivity contribution in [2.45, 2.75) is 34.1 Å². The Labute approximate surface area is 80.7 Å². The highest BCUT2D eigenvalue weighted by Gasteiger charge is 2.02. The lowest BCUT2D eigenvalue weighted by Gasteiger charge is -2.11. The summed E-state index contributed by atoms with van der Waals surface area (Å²) < 4.78 is 5.65. The van der Waals surface area contributed by atoms with Crippen molar-refractivity contribution in [2.75, 3.05) is 6.61 Å². The van der Waals surface area contributed by atoms with Crippen LogP contribution in [0.5, 0.6) is 5.75 Å². The second kappa shape index (κ2) is 4.31. The van der Waals surface area contributed by atoms with Crippen molar-refractivity contribution in [2.24, 2.45) is 0 Å². The lowest BCUT2D eigenvalue weighted by atomic mass is 10.1. The van der Waals surface area contributed by atoms with Crippen LogP contribution in [0, 0.1) is 20.8 Å². The third-order valence-corrected chi connectivity index (χ3v) is 2.23. The van der Waals surface area contributed by atoms with Gasteiger partial charge in [0.05, 0.1) is 6.61 Å². The molecule has 1 nitrogen and oxygen atoms in total. The van der Waals surface area contributed by atoms with Crippen LogP contribution in [0.2, 0.25) is 0 Å². The zero-order valence-corrected chi connectivity index (χ0v) is 8.98. The molecule has 0 aliphatic carbocycles. The van der Waals surface area contributed by atoms with E-state index in [4.69, 9.17) is 4.74 Å². The first-order chi connectivity index (χ1) is 6.15. The molecule has 0 N–H and O–H groups in total. The Hall–Kier alpha value is -0.980. The summed E-state index contributed by atoms with van der Waals surface area (Å²) in [5.74, 6) is 1.04. The highest BCUT2D eigenvalue weighted by atomic mass is 16.5. The second-order valence-electron chi connectivity index (χ2n) is 3.55. The molecule has 1 heteroatoms. The van der Waals surface area contributed by atoms with Gasteiger partial charge in [0.1, 0.15) is 5.75 Å². The van der Waals surface area contributed by atoms with Crippen LogP contribution in [0.3, 0.4) is 0 Å². The van der Waals surface area contributed by atoms with Crippen LogP contribution < -0.4 is 4.74 Å². The lowest BCUT2D eigenvalue weighted by Crippen LogP contribution is -1.98. The van der Waals surface area contributed by atoms with Crippen molar-refractivity contribution in [3.63, 3.8) is 0 Å². The topological polar surface area (TPSA) is 9.23 Å². The van der Waals surface area contributed by atoms with Gasteiger partial charge in [0, 0.05) is 0 Å². The smallest absolute Gasteiger partial charge is 0.122 e. The van der Waals surface area contributed by atoms with Crippen LogP contribution in [0.15, 0.2) is 12.1 Å². The molecule has 72 valence electrons. The first-order valence-corrected chi connectivity index (χ1v) is 4.85. The Kier molecular flexibility index (Phi) is 3.35. The van der Waals surface area contributed by atoms with Crippen LogP contribution in [0.1, 0.15) is 30.0 Å². The van der Waals surface area contributed by atoms with Gasteiger partial charge < -0.3 is 4.74 Å². The molecule has 0 amide bonds. The van der Waals surface area contributed by atoms with Gasteiger partial charge in [0.15, 0.2) is 0 Å². The molecule has 13 heavy (non-hydrogen) atoms. The number of benzene rings is 1. The average molecular weight is 178 g/mol. The molecule has 0 fully saturated rings. The minimum atomic E-state index is 0.809. The van der Waals surface area contributed by atoms with Crippen LogP contribution >= 0.6 is 0 Å². The van der Waals surface area contributed by atoms with E-state index in [1.165, 1.54) is 16.7 Å². The molecular formula is C12H18O. The molecule has 0 aromatic heterocycles. The molecule has 0 aliphatic heterocycles. The molecule has 0 aliphatic rings. The third kappa shape index (κ3) is 2.48. The van der Waals surface area contributed by atoms with Gasteiger partial charge in [0.2, 0.25) is 0 Å². The molecule has 0 atom stereocenters. The SMILES string of the molecule is CCCOc1cc(C)cc(C)c1C. The van der Waals surface area contributed by atoms with Crippen molar-refractivity contribution in [3.05, 3.63) is 28.8 Å². The van der Waals surface area contributed by atoms with Crippen molar-refractivity contribution in [1.82, 2.24) is 0 Å². The number of hydrogen-bond donors (Lipinski definition) is 0. The van der Waals surface area contributed by atoms with Gasteiger partial charge in [-0.1, -0.05) is 13.0 Å². The maximum atomic E-state index is 5.65. The Balaban J connectivity index is 2.92. The van der Waals surface area contributed by atoms with Crippen molar-refractivity contribution in [1.29, 1.82) is 0 Å². The van der Waals surface area contributed by atoms with Crippen molar-refractivity contribution >= 4 is 0 Å². The summed E-state index contributed by atoms with van der Waals surface area (Å²) in [5.41, 5.74) is 3.85. The molecule has 1 aromatic rings. The van der Waals surface area contributed by atoms with Gasteiger partial charge in [-0.25, -0.2) is 0 Å². The third-order valence-electron chi connectivity index (χ3n) is 2.23. The number of hydrogen-bond acceptors (Lipinski definition) is 1. The van der Waals surface area contributed by atoms with E-state index in [2.05, 4.69) is 39.8 Å². The first-order valence-electron chi connectivity index (χ1n) is 4.85. The van der Waals surface area contributed by atoms with Gasteiger partial charge in [-0.2, -0.15) is 0 Å². The molecule has 0 bridgehead atoms. The lowest BCUT2D eigenvalue weighted by molar-refractivity contribution is 0.315. The fraction of sp³-hybridized carbons (Fsp3) is 0.500. The predicted molar refractivity (Wildman–Crippen MR) is 56.4 cm³/mol. The summed E-state index contributed by atoms with van der Waals surface area (Å²) in [6, 6.07) is 4.30. The van der Waals surface area contributed by atoms with E-state index >= 15 is 0 Å². The van der Waals surface area contributed by atoms with Crippen LogP contribution in [-0.2, 0) is 0 Å². The van der Waals surface area contributed by atoms with E-state index in [9.17, 15) is 0 Å². The predicted octanol–water partition coefficient (Wildman–Crippen LogP) is 3.40. The minimum absolute atomic E-state index is 0.809. The van der Waals surface area contributed by atoms with E-state index < -0.39 is 0 Å². The van der Waals surface area contributed by atoms with Crippen LogP contribution in [0.25, 0.3) is 0 Å². The zero-order valence-electron chi connectivity index (χ0n) is 8.98. The maximum absolute atomic E-state index is 5.65. The Morgan fingerprint density at radius 3 is 2.46 bits per heavy atom. The summed E-state index contributed by atoms with van der Waals surface area (Å²) in [5, 5.41) is 0. The maximum Gasteiger partial charge on any atom is 0.122 e. The van der Waals surface area contributed by atoms with E-state index in [0.29, 0.717) is 0 Å². The van der Waals surface area contributed by atoms with E-state index in [1.807, 2.05) is 0 Å². The highest BCUT2D eigenvalue weighted by molar-refractivity contribution is 5.41. The summed E-state index contributed by atoms with van der Waals surface area (Å²) in [4.78, 5) is 0. The second-order valence-corrected chi connectivity index (χ2v) is 3.55. The Morgan fingerprint density at radius 2 is 1.85 bits per heavy atom. The number of ether oxygens (including phenoxy) is 1. The molecule has 0 spiro atoms. The van der Waals surface area contributed by atoms with Gasteiger partial charge in [-0.05, 0) is 49.9 Å². The molecule has 1 aromatic carbocycles. The summed E-state index contributed by atoms with van der Waals surface area (Å²) in [6.45, 7) is 9.27. The van der Waals surface area contributed by atoms with Crippen molar-refractivity contribution in [3.8, 4) is 5.75 Å². The molecule has 0 heterocycles. The largest absolute Gasteiger partial charge is 0.493 e. The van der Waals surface area contributed by atoms with Crippen LogP contribution in [-0.4, -0.2) is 6.61 Å². The number of rotatable bonds is 3. The monoisotopic (exact) mass is 178 g/mol. The minimum Gasteiger partial charge on any atom is -0.493 e. The summed E-state index contributed by atoms with van der Waals surface area (Å²) in [7, 11) is 0. The van der Waals surface area contributed by atoms with Gasteiger partial charge >= 0.3 is 0 Å². The fourth-order valence-corrected chi connectivity index (χ4v) is 1.36. The molecule has 0 radical (unpaired) electrons. The van der Waals surface area contributed by atoms with E-state index in [0.717, 1.165) is 18.8 Å². The summed E-state index contributed by atoms with van der Waals surface area (Å²) >= 11 is 0. The van der Waals surface area contributed by atoms with E-state index in [-0.39, 0.29) is 0 Å². The van der Waals surface area contributed by atoms with Gasteiger partial charge in [-0.15, -0.1) is 0 Å². The standard InChI is InChI=1S/C12H18O/c1-5-6-13-12-8-9(2)7-10(3)11(12)4/h7-8H,5-6H2,1-4H3. The normalized spacial score (nSPS) is 10.2.